The summed E-state index contributed by atoms with van der Waals surface area (Å²) < 4.78 is 28.3. The summed E-state index contributed by atoms with van der Waals surface area (Å²) in [5.74, 6) is 0.602. The van der Waals surface area contributed by atoms with Crippen LogP contribution >= 0.6 is 0 Å². The minimum atomic E-state index is -1.05. The van der Waals surface area contributed by atoms with Crippen molar-refractivity contribution in [2.24, 2.45) is 11.8 Å². The molecule has 0 aromatic rings. The second-order valence-electron chi connectivity index (χ2n) is 16.6. The molecule has 0 saturated carbocycles. The Kier molecular flexibility index (Phi) is 39.7. The van der Waals surface area contributed by atoms with Gasteiger partial charge >= 0.3 is 17.9 Å². The normalized spacial score (nSPS) is 12.7. The SMILES string of the molecule is CCCCCC(CCCCC)CCOC(=O)CCCOCCCC(CCCOC(O)CCC(=O)OCCC(CCCCC)CCCCC)OC(=O)CCCN(C)C. The van der Waals surface area contributed by atoms with E-state index in [4.69, 9.17) is 23.7 Å². The number of ether oxygens (including phenoxy) is 5. The number of carbonyl (C=O) groups is 3. The number of unbranched alkanes of at least 4 members (excludes halogenated alkanes) is 8. The molecule has 0 radical (unpaired) electrons. The molecular weight excluding hydrogens is 723 g/mol. The number of carbonyl (C=O) groups excluding carboxylic acids is 3. The van der Waals surface area contributed by atoms with Crippen LogP contribution in [0, 0.1) is 11.8 Å². The monoisotopic (exact) mass is 814 g/mol. The van der Waals surface area contributed by atoms with E-state index in [-0.39, 0.29) is 36.9 Å². The van der Waals surface area contributed by atoms with Crippen molar-refractivity contribution >= 4 is 17.9 Å². The van der Waals surface area contributed by atoms with Crippen molar-refractivity contribution in [3.05, 3.63) is 0 Å². The largest absolute Gasteiger partial charge is 0.466 e. The number of rotatable bonds is 43. The van der Waals surface area contributed by atoms with Crippen LogP contribution in [0.1, 0.15) is 207 Å². The lowest BCUT2D eigenvalue weighted by atomic mass is 9.92. The van der Waals surface area contributed by atoms with Crippen molar-refractivity contribution in [3.8, 4) is 0 Å². The molecule has 10 nitrogen and oxygen atoms in total. The third kappa shape index (κ3) is 38.2. The van der Waals surface area contributed by atoms with Gasteiger partial charge in [0.2, 0.25) is 0 Å². The van der Waals surface area contributed by atoms with Crippen molar-refractivity contribution in [2.75, 3.05) is 53.7 Å². The Balaban J connectivity index is 4.45. The topological polar surface area (TPSA) is 121 Å². The van der Waals surface area contributed by atoms with Crippen LogP contribution in [-0.4, -0.2) is 94.0 Å². The highest BCUT2D eigenvalue weighted by atomic mass is 16.6. The predicted octanol–water partition coefficient (Wildman–Crippen LogP) is 11.1. The molecule has 0 aromatic heterocycles. The molecule has 10 heteroatoms. The number of esters is 3. The van der Waals surface area contributed by atoms with Crippen LogP contribution in [0.2, 0.25) is 0 Å². The summed E-state index contributed by atoms with van der Waals surface area (Å²) >= 11 is 0. The summed E-state index contributed by atoms with van der Waals surface area (Å²) in [5, 5.41) is 10.4. The Bertz CT molecular complexity index is 897. The van der Waals surface area contributed by atoms with Gasteiger partial charge in [-0.25, -0.2) is 0 Å². The molecule has 2 unspecified atom stereocenters. The molecule has 0 amide bonds. The molecule has 0 aromatic carbocycles. The average molecular weight is 814 g/mol. The van der Waals surface area contributed by atoms with E-state index in [2.05, 4.69) is 27.7 Å². The van der Waals surface area contributed by atoms with Gasteiger partial charge in [0.15, 0.2) is 6.29 Å². The third-order valence-corrected chi connectivity index (χ3v) is 10.8. The minimum Gasteiger partial charge on any atom is -0.466 e. The van der Waals surface area contributed by atoms with Crippen molar-refractivity contribution in [2.45, 2.75) is 220 Å². The maximum absolute atomic E-state index is 12.6. The quantitative estimate of drug-likeness (QED) is 0.0276. The Morgan fingerprint density at radius 2 is 0.930 bits per heavy atom. The highest BCUT2D eigenvalue weighted by Crippen LogP contribution is 2.22. The van der Waals surface area contributed by atoms with Crippen LogP contribution < -0.4 is 0 Å². The number of hydrogen-bond acceptors (Lipinski definition) is 10. The van der Waals surface area contributed by atoms with Gasteiger partial charge in [-0.3, -0.25) is 14.4 Å². The maximum atomic E-state index is 12.6. The van der Waals surface area contributed by atoms with E-state index in [0.717, 1.165) is 32.2 Å². The lowest BCUT2D eigenvalue weighted by Crippen LogP contribution is -2.22. The van der Waals surface area contributed by atoms with E-state index in [1.54, 1.807) is 0 Å². The smallest absolute Gasteiger partial charge is 0.306 e. The van der Waals surface area contributed by atoms with Gasteiger partial charge in [0, 0.05) is 39.1 Å². The molecule has 0 bridgehead atoms. The van der Waals surface area contributed by atoms with Gasteiger partial charge in [0.1, 0.15) is 6.10 Å². The van der Waals surface area contributed by atoms with Crippen LogP contribution in [0.3, 0.4) is 0 Å². The predicted molar refractivity (Wildman–Crippen MR) is 232 cm³/mol. The summed E-state index contributed by atoms with van der Waals surface area (Å²) in [5.41, 5.74) is 0. The molecule has 0 heterocycles. The van der Waals surface area contributed by atoms with Crippen molar-refractivity contribution < 1.29 is 43.2 Å². The zero-order valence-corrected chi connectivity index (χ0v) is 38.0. The minimum absolute atomic E-state index is 0.116. The first-order valence-electron chi connectivity index (χ1n) is 23.7. The zero-order chi connectivity index (χ0) is 42.2. The fourth-order valence-electron chi connectivity index (χ4n) is 7.16. The molecule has 0 aliphatic carbocycles. The first kappa shape index (κ1) is 55.2. The lowest BCUT2D eigenvalue weighted by molar-refractivity contribution is -0.151. The fraction of sp³-hybridized carbons (Fsp3) is 0.936. The second kappa shape index (κ2) is 41.0. The summed E-state index contributed by atoms with van der Waals surface area (Å²) in [6.07, 6.45) is 25.3. The molecule has 0 fully saturated rings. The van der Waals surface area contributed by atoms with E-state index < -0.39 is 6.29 Å². The van der Waals surface area contributed by atoms with E-state index in [1.807, 2.05) is 19.0 Å². The van der Waals surface area contributed by atoms with Crippen LogP contribution in [-0.2, 0) is 38.1 Å². The molecule has 1 N–H and O–H groups in total. The number of aliphatic hydroxyl groups excluding tert-OH is 1. The Morgan fingerprint density at radius 3 is 1.42 bits per heavy atom. The number of aliphatic hydroxyl groups is 1. The summed E-state index contributed by atoms with van der Waals surface area (Å²) in [4.78, 5) is 39.3. The highest BCUT2D eigenvalue weighted by molar-refractivity contribution is 5.70. The van der Waals surface area contributed by atoms with Gasteiger partial charge < -0.3 is 33.7 Å². The number of hydrogen-bond donors (Lipinski definition) is 1. The Labute approximate surface area is 350 Å². The Morgan fingerprint density at radius 1 is 0.474 bits per heavy atom. The average Bonchev–Trinajstić information content (AvgIpc) is 3.18. The molecule has 0 saturated heterocycles. The van der Waals surface area contributed by atoms with E-state index >= 15 is 0 Å². The summed E-state index contributed by atoms with van der Waals surface area (Å²) in [6, 6.07) is 0. The van der Waals surface area contributed by atoms with Crippen molar-refractivity contribution in [1.29, 1.82) is 0 Å². The van der Waals surface area contributed by atoms with Crippen molar-refractivity contribution in [3.63, 3.8) is 0 Å². The van der Waals surface area contributed by atoms with E-state index in [9.17, 15) is 19.5 Å². The third-order valence-electron chi connectivity index (χ3n) is 10.8. The van der Waals surface area contributed by atoms with Crippen LogP contribution in [0.5, 0.6) is 0 Å². The Hall–Kier alpha value is -1.75. The molecule has 0 aliphatic heterocycles. The van der Waals surface area contributed by atoms with E-state index in [1.165, 1.54) is 103 Å². The highest BCUT2D eigenvalue weighted by Gasteiger charge is 2.17. The van der Waals surface area contributed by atoms with Crippen LogP contribution in [0.25, 0.3) is 0 Å². The summed E-state index contributed by atoms with van der Waals surface area (Å²) in [6.45, 7) is 12.0. The lowest BCUT2D eigenvalue weighted by Gasteiger charge is -2.19. The van der Waals surface area contributed by atoms with Crippen molar-refractivity contribution in [1.82, 2.24) is 4.90 Å². The van der Waals surface area contributed by atoms with Gasteiger partial charge in [-0.2, -0.15) is 0 Å². The van der Waals surface area contributed by atoms with Gasteiger partial charge in [-0.15, -0.1) is 0 Å². The fourth-order valence-corrected chi connectivity index (χ4v) is 7.16. The molecule has 0 spiro atoms. The maximum Gasteiger partial charge on any atom is 0.306 e. The van der Waals surface area contributed by atoms with Crippen LogP contribution in [0.15, 0.2) is 0 Å². The first-order chi connectivity index (χ1) is 27.6. The van der Waals surface area contributed by atoms with Gasteiger partial charge in [-0.05, 0) is 83.8 Å². The molecule has 57 heavy (non-hydrogen) atoms. The molecule has 0 rings (SSSR count). The molecule has 338 valence electrons. The first-order valence-corrected chi connectivity index (χ1v) is 23.7. The van der Waals surface area contributed by atoms with Gasteiger partial charge in [0.25, 0.3) is 0 Å². The zero-order valence-electron chi connectivity index (χ0n) is 38.0. The molecular formula is C47H91NO9. The second-order valence-corrected chi connectivity index (χ2v) is 16.6. The molecule has 0 aliphatic rings. The number of nitrogens with zero attached hydrogens (tertiary/aromatic N) is 1. The van der Waals surface area contributed by atoms with Gasteiger partial charge in [0.05, 0.1) is 19.6 Å². The summed E-state index contributed by atoms with van der Waals surface area (Å²) in [7, 11) is 3.96. The standard InChI is InChI=1S/C47H91NO9/c1-7-11-15-23-41(24-16-12-8-2)33-39-55-44(49)30-22-37-53-36-20-27-43(57-47(52)29-19-35-48(5)6)28-21-38-54-45(50)31-32-46(51)56-40-34-42(25-17-13-9-3)26-18-14-10-4/h41-43,45,50H,7-40H2,1-6H3. The van der Waals surface area contributed by atoms with Crippen LogP contribution in [0.4, 0.5) is 0 Å². The molecule has 2 atom stereocenters. The van der Waals surface area contributed by atoms with Gasteiger partial charge in [-0.1, -0.05) is 130 Å². The van der Waals surface area contributed by atoms with E-state index in [0.29, 0.717) is 83.4 Å².